The highest BCUT2D eigenvalue weighted by Crippen LogP contribution is 2.39. The van der Waals surface area contributed by atoms with Crippen LogP contribution in [-0.2, 0) is 0 Å². The van der Waals surface area contributed by atoms with Gasteiger partial charge in [0.1, 0.15) is 11.4 Å². The molecule has 0 unspecified atom stereocenters. The van der Waals surface area contributed by atoms with Crippen molar-refractivity contribution in [2.75, 3.05) is 0 Å². The van der Waals surface area contributed by atoms with Gasteiger partial charge in [-0.05, 0) is 38.5 Å². The fourth-order valence-electron chi connectivity index (χ4n) is 1.95. The molecule has 1 aromatic rings. The average Bonchev–Trinajstić information content (AvgIpc) is 2.05. The van der Waals surface area contributed by atoms with E-state index in [2.05, 4.69) is 39.5 Å². The minimum absolute atomic E-state index is 0.112. The summed E-state index contributed by atoms with van der Waals surface area (Å²) in [6.07, 6.45) is 0.906. The standard InChI is InChI=1S/C13H16O/c1-9-5-6-12-11(7-9)10(2)8-13(3,4)14-12/h5-7H,2,8H2,1,3-4H3. The van der Waals surface area contributed by atoms with Crippen molar-refractivity contribution in [2.45, 2.75) is 32.8 Å². The molecule has 1 aromatic carbocycles. The zero-order chi connectivity index (χ0) is 10.3. The summed E-state index contributed by atoms with van der Waals surface area (Å²) in [5.41, 5.74) is 3.50. The molecule has 0 aromatic heterocycles. The second kappa shape index (κ2) is 2.88. The van der Waals surface area contributed by atoms with E-state index in [9.17, 15) is 0 Å². The quantitative estimate of drug-likeness (QED) is 0.604. The predicted octanol–water partition coefficient (Wildman–Crippen LogP) is 3.57. The second-order valence-corrected chi connectivity index (χ2v) is 4.64. The normalized spacial score (nSPS) is 18.6. The first kappa shape index (κ1) is 9.32. The third-order valence-corrected chi connectivity index (χ3v) is 2.54. The van der Waals surface area contributed by atoms with E-state index >= 15 is 0 Å². The smallest absolute Gasteiger partial charge is 0.127 e. The molecule has 0 spiro atoms. The first-order valence-corrected chi connectivity index (χ1v) is 4.96. The first-order chi connectivity index (χ1) is 6.48. The Balaban J connectivity index is 2.50. The molecule has 0 saturated carbocycles. The summed E-state index contributed by atoms with van der Waals surface area (Å²) in [5.74, 6) is 0.969. The van der Waals surface area contributed by atoms with Crippen LogP contribution in [0.3, 0.4) is 0 Å². The fourth-order valence-corrected chi connectivity index (χ4v) is 1.95. The van der Waals surface area contributed by atoms with Crippen molar-refractivity contribution in [2.24, 2.45) is 0 Å². The number of fused-ring (bicyclic) bond motifs is 1. The monoisotopic (exact) mass is 188 g/mol. The Kier molecular flexibility index (Phi) is 1.91. The molecule has 0 atom stereocenters. The maximum atomic E-state index is 5.88. The van der Waals surface area contributed by atoms with E-state index in [1.807, 2.05) is 6.07 Å². The molecule has 0 N–H and O–H groups in total. The van der Waals surface area contributed by atoms with Crippen LogP contribution in [-0.4, -0.2) is 5.60 Å². The van der Waals surface area contributed by atoms with Gasteiger partial charge in [0.05, 0.1) is 0 Å². The highest BCUT2D eigenvalue weighted by Gasteiger charge is 2.28. The highest BCUT2D eigenvalue weighted by molar-refractivity contribution is 5.71. The van der Waals surface area contributed by atoms with Crippen molar-refractivity contribution in [1.29, 1.82) is 0 Å². The van der Waals surface area contributed by atoms with Crippen LogP contribution < -0.4 is 4.74 Å². The molecule has 1 aliphatic rings. The number of ether oxygens (including phenoxy) is 1. The molecule has 0 radical (unpaired) electrons. The van der Waals surface area contributed by atoms with Gasteiger partial charge in [-0.15, -0.1) is 0 Å². The Morgan fingerprint density at radius 3 is 2.79 bits per heavy atom. The molecule has 1 nitrogen and oxygen atoms in total. The molecule has 14 heavy (non-hydrogen) atoms. The van der Waals surface area contributed by atoms with Crippen LogP contribution in [0.5, 0.6) is 5.75 Å². The van der Waals surface area contributed by atoms with E-state index in [1.165, 1.54) is 16.7 Å². The molecule has 0 saturated heterocycles. The molecular formula is C13H16O. The third-order valence-electron chi connectivity index (χ3n) is 2.54. The number of aryl methyl sites for hydroxylation is 1. The Bertz CT molecular complexity index is 388. The van der Waals surface area contributed by atoms with Gasteiger partial charge in [-0.2, -0.15) is 0 Å². The average molecular weight is 188 g/mol. The zero-order valence-electron chi connectivity index (χ0n) is 9.05. The first-order valence-electron chi connectivity index (χ1n) is 4.96. The van der Waals surface area contributed by atoms with E-state index in [0.717, 1.165) is 12.2 Å². The molecule has 1 aliphatic heterocycles. The number of hydrogen-bond acceptors (Lipinski definition) is 1. The Hall–Kier alpha value is -1.24. The molecule has 1 heterocycles. The fraction of sp³-hybridized carbons (Fsp3) is 0.385. The summed E-state index contributed by atoms with van der Waals surface area (Å²) in [6.45, 7) is 10.4. The Labute approximate surface area is 85.4 Å². The maximum Gasteiger partial charge on any atom is 0.127 e. The van der Waals surface area contributed by atoms with Gasteiger partial charge >= 0.3 is 0 Å². The summed E-state index contributed by atoms with van der Waals surface area (Å²) >= 11 is 0. The van der Waals surface area contributed by atoms with Crippen LogP contribution >= 0.6 is 0 Å². The van der Waals surface area contributed by atoms with Crippen molar-refractivity contribution in [3.8, 4) is 5.75 Å². The van der Waals surface area contributed by atoms with Crippen LogP contribution in [0.15, 0.2) is 24.8 Å². The molecule has 74 valence electrons. The topological polar surface area (TPSA) is 9.23 Å². The lowest BCUT2D eigenvalue weighted by atomic mass is 9.90. The lowest BCUT2D eigenvalue weighted by molar-refractivity contribution is 0.108. The van der Waals surface area contributed by atoms with Crippen molar-refractivity contribution >= 4 is 5.57 Å². The van der Waals surface area contributed by atoms with E-state index < -0.39 is 0 Å². The molecule has 0 amide bonds. The summed E-state index contributed by atoms with van der Waals surface area (Å²) in [4.78, 5) is 0. The van der Waals surface area contributed by atoms with Gasteiger partial charge in [0.15, 0.2) is 0 Å². The van der Waals surface area contributed by atoms with Gasteiger partial charge < -0.3 is 4.74 Å². The van der Waals surface area contributed by atoms with Gasteiger partial charge in [-0.3, -0.25) is 0 Å². The third kappa shape index (κ3) is 1.54. The maximum absolute atomic E-state index is 5.88. The minimum atomic E-state index is -0.112. The van der Waals surface area contributed by atoms with Crippen molar-refractivity contribution in [1.82, 2.24) is 0 Å². The van der Waals surface area contributed by atoms with Gasteiger partial charge in [-0.25, -0.2) is 0 Å². The van der Waals surface area contributed by atoms with E-state index in [4.69, 9.17) is 4.74 Å². The van der Waals surface area contributed by atoms with Gasteiger partial charge in [0, 0.05) is 12.0 Å². The van der Waals surface area contributed by atoms with Crippen molar-refractivity contribution in [3.63, 3.8) is 0 Å². The van der Waals surface area contributed by atoms with Crippen LogP contribution in [0.2, 0.25) is 0 Å². The highest BCUT2D eigenvalue weighted by atomic mass is 16.5. The summed E-state index contributed by atoms with van der Waals surface area (Å²) in [5, 5.41) is 0. The molecular weight excluding hydrogens is 172 g/mol. The number of hydrogen-bond donors (Lipinski definition) is 0. The van der Waals surface area contributed by atoms with Gasteiger partial charge in [-0.1, -0.05) is 18.2 Å². The molecule has 2 rings (SSSR count). The summed E-state index contributed by atoms with van der Waals surface area (Å²) < 4.78 is 5.88. The summed E-state index contributed by atoms with van der Waals surface area (Å²) in [7, 11) is 0. The van der Waals surface area contributed by atoms with Crippen LogP contribution in [0.4, 0.5) is 0 Å². The van der Waals surface area contributed by atoms with Gasteiger partial charge in [0.2, 0.25) is 0 Å². The zero-order valence-corrected chi connectivity index (χ0v) is 9.05. The van der Waals surface area contributed by atoms with Crippen LogP contribution in [0, 0.1) is 6.92 Å². The van der Waals surface area contributed by atoms with E-state index in [0.29, 0.717) is 0 Å². The second-order valence-electron chi connectivity index (χ2n) is 4.64. The van der Waals surface area contributed by atoms with Crippen LogP contribution in [0.1, 0.15) is 31.4 Å². The van der Waals surface area contributed by atoms with Crippen molar-refractivity contribution < 1.29 is 4.74 Å². The summed E-state index contributed by atoms with van der Waals surface area (Å²) in [6, 6.07) is 6.26. The predicted molar refractivity (Wildman–Crippen MR) is 59.5 cm³/mol. The minimum Gasteiger partial charge on any atom is -0.487 e. The Morgan fingerprint density at radius 2 is 2.07 bits per heavy atom. The molecule has 0 aliphatic carbocycles. The molecule has 0 fully saturated rings. The number of rotatable bonds is 0. The lowest BCUT2D eigenvalue weighted by Crippen LogP contribution is -2.31. The largest absolute Gasteiger partial charge is 0.487 e. The lowest BCUT2D eigenvalue weighted by Gasteiger charge is -2.34. The number of benzene rings is 1. The van der Waals surface area contributed by atoms with E-state index in [1.54, 1.807) is 0 Å². The SMILES string of the molecule is C=C1CC(C)(C)Oc2ccc(C)cc21. The molecule has 0 bridgehead atoms. The van der Waals surface area contributed by atoms with Gasteiger partial charge in [0.25, 0.3) is 0 Å². The van der Waals surface area contributed by atoms with Crippen LogP contribution in [0.25, 0.3) is 5.57 Å². The molecule has 1 heteroatoms. The van der Waals surface area contributed by atoms with E-state index in [-0.39, 0.29) is 5.60 Å². The van der Waals surface area contributed by atoms with Crippen molar-refractivity contribution in [3.05, 3.63) is 35.9 Å². The Morgan fingerprint density at radius 1 is 1.36 bits per heavy atom.